The molecule has 2 aliphatic heterocycles. The second kappa shape index (κ2) is 9.60. The smallest absolute Gasteiger partial charge is 0.300 e. The Hall–Kier alpha value is -2.94. The van der Waals surface area contributed by atoms with Crippen LogP contribution in [0.5, 0.6) is 0 Å². The number of nitrogens with zero attached hydrogens (tertiary/aromatic N) is 3. The van der Waals surface area contributed by atoms with Gasteiger partial charge in [-0.15, -0.1) is 11.3 Å². The third kappa shape index (κ3) is 4.42. The van der Waals surface area contributed by atoms with E-state index in [1.54, 1.807) is 6.07 Å². The van der Waals surface area contributed by atoms with Gasteiger partial charge in [0.05, 0.1) is 5.57 Å². The van der Waals surface area contributed by atoms with E-state index < -0.39 is 17.7 Å². The molecule has 5 rings (SSSR count). The lowest BCUT2D eigenvalue weighted by atomic mass is 9.99. The molecule has 2 aliphatic rings. The minimum atomic E-state index is -0.687. The van der Waals surface area contributed by atoms with E-state index in [1.165, 1.54) is 16.2 Å². The summed E-state index contributed by atoms with van der Waals surface area (Å²) in [6.45, 7) is 5.82. The van der Waals surface area contributed by atoms with Crippen molar-refractivity contribution in [3.63, 3.8) is 0 Å². The van der Waals surface area contributed by atoms with Gasteiger partial charge in [-0.05, 0) is 67.4 Å². The number of hydrogen-bond donors (Lipinski definition) is 1. The number of rotatable bonds is 4. The van der Waals surface area contributed by atoms with Crippen molar-refractivity contribution in [3.8, 4) is 0 Å². The summed E-state index contributed by atoms with van der Waals surface area (Å²) >= 11 is 4.93. The van der Waals surface area contributed by atoms with Gasteiger partial charge < -0.3 is 14.9 Å². The first kappa shape index (κ1) is 23.8. The van der Waals surface area contributed by atoms with Crippen LogP contribution in [0.1, 0.15) is 22.0 Å². The molecular weight excluding hydrogens is 526 g/mol. The highest BCUT2D eigenvalue weighted by Gasteiger charge is 2.47. The van der Waals surface area contributed by atoms with Gasteiger partial charge in [0, 0.05) is 52.5 Å². The lowest BCUT2D eigenvalue weighted by molar-refractivity contribution is -0.132. The van der Waals surface area contributed by atoms with Gasteiger partial charge in [0.15, 0.2) is 0 Å². The molecule has 0 aliphatic carbocycles. The van der Waals surface area contributed by atoms with Crippen molar-refractivity contribution in [1.29, 1.82) is 0 Å². The Kier molecular flexibility index (Phi) is 6.53. The molecule has 3 aromatic rings. The van der Waals surface area contributed by atoms with Crippen LogP contribution in [0.4, 0.5) is 11.4 Å². The monoisotopic (exact) mass is 551 g/mol. The summed E-state index contributed by atoms with van der Waals surface area (Å²) in [7, 11) is 2.12. The predicted octanol–water partition coefficient (Wildman–Crippen LogP) is 5.20. The Labute approximate surface area is 217 Å². The number of benzene rings is 2. The number of ketones is 1. The number of likely N-dealkylation sites (N-methyl/N-ethyl adjacent to an activating group) is 1. The first-order valence-corrected chi connectivity index (χ1v) is 13.2. The van der Waals surface area contributed by atoms with Crippen LogP contribution >= 0.6 is 27.3 Å². The van der Waals surface area contributed by atoms with Gasteiger partial charge in [0.1, 0.15) is 11.8 Å². The number of hydrogen-bond acceptors (Lipinski definition) is 6. The van der Waals surface area contributed by atoms with Crippen molar-refractivity contribution < 1.29 is 14.7 Å². The first-order valence-electron chi connectivity index (χ1n) is 11.5. The normalized spacial score (nSPS) is 20.6. The second-order valence-corrected chi connectivity index (χ2v) is 10.8. The molecule has 3 heterocycles. The van der Waals surface area contributed by atoms with E-state index in [2.05, 4.69) is 32.8 Å². The van der Waals surface area contributed by atoms with Crippen LogP contribution in [0.2, 0.25) is 0 Å². The number of aryl methyl sites for hydroxylation is 1. The minimum Gasteiger partial charge on any atom is -0.507 e. The van der Waals surface area contributed by atoms with Crippen LogP contribution < -0.4 is 9.80 Å². The van der Waals surface area contributed by atoms with Gasteiger partial charge >= 0.3 is 0 Å². The molecule has 8 heteroatoms. The maximum absolute atomic E-state index is 13.3. The molecule has 35 heavy (non-hydrogen) atoms. The van der Waals surface area contributed by atoms with Crippen molar-refractivity contribution in [2.24, 2.45) is 0 Å². The lowest BCUT2D eigenvalue weighted by Gasteiger charge is -2.34. The van der Waals surface area contributed by atoms with E-state index in [0.717, 1.165) is 46.8 Å². The highest BCUT2D eigenvalue weighted by Crippen LogP contribution is 2.44. The third-order valence-electron chi connectivity index (χ3n) is 6.68. The Morgan fingerprint density at radius 3 is 2.31 bits per heavy atom. The topological polar surface area (TPSA) is 64.1 Å². The van der Waals surface area contributed by atoms with Crippen LogP contribution in [0.15, 0.2) is 70.0 Å². The highest BCUT2D eigenvalue weighted by atomic mass is 79.9. The molecule has 2 aromatic carbocycles. The van der Waals surface area contributed by atoms with E-state index in [1.807, 2.05) is 60.8 Å². The molecule has 1 amide bonds. The number of carbonyl (C=O) groups is 2. The van der Waals surface area contributed by atoms with Crippen LogP contribution in [-0.2, 0) is 9.59 Å². The van der Waals surface area contributed by atoms with E-state index >= 15 is 0 Å². The fraction of sp³-hybridized carbons (Fsp3) is 0.259. The zero-order chi connectivity index (χ0) is 24.7. The predicted molar refractivity (Wildman–Crippen MR) is 144 cm³/mol. The molecule has 1 atom stereocenters. The zero-order valence-corrected chi connectivity index (χ0v) is 22.0. The molecule has 180 valence electrons. The van der Waals surface area contributed by atoms with Crippen molar-refractivity contribution >= 4 is 56.1 Å². The van der Waals surface area contributed by atoms with Gasteiger partial charge in [-0.25, -0.2) is 0 Å². The quantitative estimate of drug-likeness (QED) is 0.274. The number of aliphatic hydroxyl groups excluding tert-OH is 1. The number of amides is 1. The summed E-state index contributed by atoms with van der Waals surface area (Å²) in [4.78, 5) is 33.6. The Balaban J connectivity index is 1.55. The van der Waals surface area contributed by atoms with Gasteiger partial charge in [-0.3, -0.25) is 14.5 Å². The van der Waals surface area contributed by atoms with Crippen molar-refractivity contribution in [2.45, 2.75) is 13.0 Å². The molecule has 0 radical (unpaired) electrons. The molecule has 0 bridgehead atoms. The molecule has 0 saturated carbocycles. The average molecular weight is 552 g/mol. The SMILES string of the molecule is Cc1cc(/C(O)=C2/C(=O)C(=O)N(c3ccc(N4CCN(C)CC4)cc3)C2c2cccs2)ccc1Br. The third-order valence-corrected chi connectivity index (χ3v) is 8.50. The minimum absolute atomic E-state index is 0.113. The summed E-state index contributed by atoms with van der Waals surface area (Å²) in [5.41, 5.74) is 3.28. The Morgan fingerprint density at radius 2 is 1.69 bits per heavy atom. The van der Waals surface area contributed by atoms with Crippen LogP contribution in [0.25, 0.3) is 5.76 Å². The summed E-state index contributed by atoms with van der Waals surface area (Å²) in [5, 5.41) is 13.2. The van der Waals surface area contributed by atoms with E-state index in [4.69, 9.17) is 0 Å². The Bertz CT molecular complexity index is 1300. The number of aliphatic hydroxyl groups is 1. The molecule has 0 spiro atoms. The van der Waals surface area contributed by atoms with Crippen molar-refractivity contribution in [2.75, 3.05) is 43.0 Å². The van der Waals surface area contributed by atoms with Crippen LogP contribution in [0, 0.1) is 6.92 Å². The zero-order valence-electron chi connectivity index (χ0n) is 19.6. The maximum atomic E-state index is 13.3. The number of anilines is 2. The van der Waals surface area contributed by atoms with Gasteiger partial charge in [0.25, 0.3) is 11.7 Å². The fourth-order valence-corrected chi connectivity index (χ4v) is 5.72. The van der Waals surface area contributed by atoms with E-state index in [-0.39, 0.29) is 11.3 Å². The average Bonchev–Trinajstić information content (AvgIpc) is 3.48. The van der Waals surface area contributed by atoms with Crippen LogP contribution in [-0.4, -0.2) is 54.9 Å². The van der Waals surface area contributed by atoms with Crippen molar-refractivity contribution in [3.05, 3.63) is 86.0 Å². The number of thiophene rings is 1. The summed E-state index contributed by atoms with van der Waals surface area (Å²) in [6.07, 6.45) is 0. The standard InChI is InChI=1S/C27H26BrN3O3S/c1-17-16-18(5-10-21(17)28)25(32)23-24(22-4-3-15-35-22)31(27(34)26(23)33)20-8-6-19(7-9-20)30-13-11-29(2)12-14-30/h3-10,15-16,24,32H,11-14H2,1-2H3/b25-23-. The fourth-order valence-electron chi connectivity index (χ4n) is 4.65. The van der Waals surface area contributed by atoms with Crippen LogP contribution in [0.3, 0.4) is 0 Å². The summed E-state index contributed by atoms with van der Waals surface area (Å²) in [6, 6.07) is 16.3. The largest absolute Gasteiger partial charge is 0.507 e. The van der Waals surface area contributed by atoms with E-state index in [0.29, 0.717) is 11.3 Å². The highest BCUT2D eigenvalue weighted by molar-refractivity contribution is 9.10. The first-order chi connectivity index (χ1) is 16.8. The van der Waals surface area contributed by atoms with E-state index in [9.17, 15) is 14.7 Å². The molecule has 2 saturated heterocycles. The van der Waals surface area contributed by atoms with Gasteiger partial charge in [-0.1, -0.05) is 28.1 Å². The van der Waals surface area contributed by atoms with Crippen molar-refractivity contribution in [1.82, 2.24) is 4.90 Å². The number of carbonyl (C=O) groups excluding carboxylic acids is 2. The molecule has 1 N–H and O–H groups in total. The lowest BCUT2D eigenvalue weighted by Crippen LogP contribution is -2.44. The molecule has 2 fully saturated rings. The molecule has 1 aromatic heterocycles. The number of halogens is 1. The second-order valence-electron chi connectivity index (χ2n) is 8.96. The molecule has 1 unspecified atom stereocenters. The summed E-state index contributed by atoms with van der Waals surface area (Å²) < 4.78 is 0.907. The van der Waals surface area contributed by atoms with Gasteiger partial charge in [-0.2, -0.15) is 0 Å². The molecule has 6 nitrogen and oxygen atoms in total. The Morgan fingerprint density at radius 1 is 1.00 bits per heavy atom. The number of piperazine rings is 1. The molecular formula is C27H26BrN3O3S. The summed E-state index contributed by atoms with van der Waals surface area (Å²) in [5.74, 6) is -1.47. The van der Waals surface area contributed by atoms with Gasteiger partial charge in [0.2, 0.25) is 0 Å². The maximum Gasteiger partial charge on any atom is 0.300 e. The number of Topliss-reactive ketones (excluding diaryl/α,β-unsaturated/α-hetero) is 1.